The Kier molecular flexibility index (Phi) is 3.06. The Morgan fingerprint density at radius 1 is 1.11 bits per heavy atom. The van der Waals surface area contributed by atoms with Crippen molar-refractivity contribution in [2.75, 3.05) is 6.61 Å². The van der Waals surface area contributed by atoms with Crippen LogP contribution in [0.25, 0.3) is 10.8 Å². The van der Waals surface area contributed by atoms with Crippen molar-refractivity contribution >= 4 is 16.7 Å². The van der Waals surface area contributed by atoms with Gasteiger partial charge in [-0.3, -0.25) is 19.2 Å². The predicted octanol–water partition coefficient (Wildman–Crippen LogP) is -0.0984. The molecule has 92 valence electrons. The van der Waals surface area contributed by atoms with E-state index in [-0.39, 0.29) is 17.4 Å². The van der Waals surface area contributed by atoms with Crippen LogP contribution in [0.15, 0.2) is 32.6 Å². The summed E-state index contributed by atoms with van der Waals surface area (Å²) in [5.74, 6) is -0.416. The van der Waals surface area contributed by atoms with Crippen LogP contribution in [0.2, 0.25) is 0 Å². The van der Waals surface area contributed by atoms with Gasteiger partial charge >= 0.3 is 5.97 Å². The Bertz CT molecular complexity index is 750. The number of carbonyl (C=O) groups is 1. The third-order valence-electron chi connectivity index (χ3n) is 2.71. The zero-order valence-electron chi connectivity index (χ0n) is 9.69. The molecule has 0 aliphatic rings. The molecule has 0 amide bonds. The lowest BCUT2D eigenvalue weighted by atomic mass is 10.1. The summed E-state index contributed by atoms with van der Waals surface area (Å²) in [5, 5.41) is 0.296. The number of carbonyl (C=O) groups excluding carboxylic acids is 1. The van der Waals surface area contributed by atoms with Crippen LogP contribution in [0.1, 0.15) is 12.5 Å². The third kappa shape index (κ3) is 1.95. The molecule has 5 heteroatoms. The van der Waals surface area contributed by atoms with Crippen molar-refractivity contribution in [2.45, 2.75) is 13.3 Å². The fraction of sp³-hybridized carbons (Fsp3) is 0.231. The number of rotatable bonds is 3. The van der Waals surface area contributed by atoms with Gasteiger partial charge in [-0.15, -0.1) is 0 Å². The lowest BCUT2D eigenvalue weighted by molar-refractivity contribution is -0.140. The Hall–Kier alpha value is -2.30. The van der Waals surface area contributed by atoms with Gasteiger partial charge in [0.15, 0.2) is 0 Å². The number of esters is 1. The van der Waals surface area contributed by atoms with E-state index < -0.39 is 22.3 Å². The quantitative estimate of drug-likeness (QED) is 0.558. The van der Waals surface area contributed by atoms with Gasteiger partial charge in [-0.1, -0.05) is 18.2 Å². The van der Waals surface area contributed by atoms with Gasteiger partial charge < -0.3 is 4.74 Å². The van der Waals surface area contributed by atoms with Gasteiger partial charge in [-0.25, -0.2) is 0 Å². The third-order valence-corrected chi connectivity index (χ3v) is 2.71. The summed E-state index contributed by atoms with van der Waals surface area (Å²) in [7, 11) is 0. The van der Waals surface area contributed by atoms with Gasteiger partial charge in [-0.2, -0.15) is 0 Å². The minimum atomic E-state index is -0.995. The van der Waals surface area contributed by atoms with Gasteiger partial charge in [0.1, 0.15) is 0 Å². The molecule has 0 heterocycles. The topological polar surface area (TPSA) is 77.5 Å². The second-order valence-electron chi connectivity index (χ2n) is 3.92. The first-order valence-corrected chi connectivity index (χ1v) is 5.41. The Morgan fingerprint density at radius 3 is 2.50 bits per heavy atom. The van der Waals surface area contributed by atoms with E-state index >= 15 is 0 Å². The smallest absolute Gasteiger partial charge is 0.302 e. The summed E-state index contributed by atoms with van der Waals surface area (Å²) < 4.78 is 4.77. The van der Waals surface area contributed by atoms with Gasteiger partial charge in [0.2, 0.25) is 10.9 Å². The molecule has 0 unspecified atom stereocenters. The molecule has 18 heavy (non-hydrogen) atoms. The first-order valence-electron chi connectivity index (χ1n) is 5.41. The van der Waals surface area contributed by atoms with E-state index in [1.807, 2.05) is 0 Å². The predicted molar refractivity (Wildman–Crippen MR) is 65.5 cm³/mol. The molecule has 0 atom stereocenters. The maximum Gasteiger partial charge on any atom is 0.302 e. The van der Waals surface area contributed by atoms with E-state index in [1.54, 1.807) is 12.1 Å². The fourth-order valence-corrected chi connectivity index (χ4v) is 1.91. The molecule has 0 spiro atoms. The maximum absolute atomic E-state index is 11.6. The van der Waals surface area contributed by atoms with Gasteiger partial charge in [-0.05, 0) is 5.56 Å². The molecule has 0 fully saturated rings. The minimum Gasteiger partial charge on any atom is -0.466 e. The molecular weight excluding hydrogens is 236 g/mol. The SMILES string of the molecule is CC(=O)OCCc1cccc2c(=O)c(=O)c(=O)c12. The van der Waals surface area contributed by atoms with Crippen LogP contribution in [0, 0.1) is 0 Å². The molecule has 0 saturated heterocycles. The van der Waals surface area contributed by atoms with Crippen LogP contribution in [0.5, 0.6) is 0 Å². The number of benzene rings is 1. The van der Waals surface area contributed by atoms with Crippen molar-refractivity contribution in [3.63, 3.8) is 0 Å². The van der Waals surface area contributed by atoms with Crippen LogP contribution >= 0.6 is 0 Å². The summed E-state index contributed by atoms with van der Waals surface area (Å²) in [4.78, 5) is 45.1. The largest absolute Gasteiger partial charge is 0.466 e. The molecule has 2 aromatic rings. The van der Waals surface area contributed by atoms with Crippen LogP contribution in [-0.2, 0) is 16.0 Å². The summed E-state index contributed by atoms with van der Waals surface area (Å²) in [6.07, 6.45) is 0.301. The van der Waals surface area contributed by atoms with Crippen molar-refractivity contribution < 1.29 is 9.53 Å². The highest BCUT2D eigenvalue weighted by molar-refractivity contribution is 5.86. The van der Waals surface area contributed by atoms with Crippen LogP contribution in [-0.4, -0.2) is 12.6 Å². The summed E-state index contributed by atoms with van der Waals surface area (Å²) in [5.41, 5.74) is -1.97. The lowest BCUT2D eigenvalue weighted by Gasteiger charge is -2.03. The standard InChI is InChI=1S/C13H10O5/c1-7(14)18-6-5-8-3-2-4-9-10(8)12(16)13(17)11(9)15/h2-4H,5-6H2,1H3. The molecule has 0 N–H and O–H groups in total. The molecule has 0 aliphatic carbocycles. The van der Waals surface area contributed by atoms with E-state index in [4.69, 9.17) is 4.74 Å². The molecule has 0 bridgehead atoms. The summed E-state index contributed by atoms with van der Waals surface area (Å²) in [6.45, 7) is 1.40. The fourth-order valence-electron chi connectivity index (χ4n) is 1.91. The highest BCUT2D eigenvalue weighted by Gasteiger charge is 2.15. The second-order valence-corrected chi connectivity index (χ2v) is 3.92. The molecule has 2 rings (SSSR count). The average Bonchev–Trinajstić information content (AvgIpc) is 2.55. The highest BCUT2D eigenvalue weighted by Crippen LogP contribution is 2.12. The number of hydrogen-bond acceptors (Lipinski definition) is 5. The molecular formula is C13H10O5. The van der Waals surface area contributed by atoms with E-state index in [1.165, 1.54) is 13.0 Å². The molecule has 5 nitrogen and oxygen atoms in total. The second kappa shape index (κ2) is 4.52. The first kappa shape index (κ1) is 12.2. The van der Waals surface area contributed by atoms with Gasteiger partial charge in [0.05, 0.1) is 6.61 Å². The molecule has 0 saturated carbocycles. The zero-order valence-corrected chi connectivity index (χ0v) is 9.69. The zero-order chi connectivity index (χ0) is 13.3. The number of hydrogen-bond donors (Lipinski definition) is 0. The van der Waals surface area contributed by atoms with E-state index in [9.17, 15) is 19.2 Å². The lowest BCUT2D eigenvalue weighted by Crippen LogP contribution is -2.29. The van der Waals surface area contributed by atoms with E-state index in [0.717, 1.165) is 0 Å². The summed E-state index contributed by atoms with van der Waals surface area (Å²) >= 11 is 0. The highest BCUT2D eigenvalue weighted by atomic mass is 16.5. The van der Waals surface area contributed by atoms with E-state index in [2.05, 4.69) is 0 Å². The normalized spacial score (nSPS) is 10.7. The van der Waals surface area contributed by atoms with Crippen LogP contribution in [0.4, 0.5) is 0 Å². The minimum absolute atomic E-state index is 0.113. The Balaban J connectivity index is 2.49. The molecule has 0 aliphatic heterocycles. The number of ether oxygens (including phenoxy) is 1. The number of fused-ring (bicyclic) bond motifs is 1. The van der Waals surface area contributed by atoms with Crippen molar-refractivity contribution in [1.82, 2.24) is 0 Å². The molecule has 2 aromatic carbocycles. The van der Waals surface area contributed by atoms with Gasteiger partial charge in [0, 0.05) is 24.1 Å². The van der Waals surface area contributed by atoms with Crippen molar-refractivity contribution in [3.05, 3.63) is 54.4 Å². The van der Waals surface area contributed by atoms with Crippen molar-refractivity contribution in [3.8, 4) is 0 Å². The van der Waals surface area contributed by atoms with Crippen molar-refractivity contribution in [1.29, 1.82) is 0 Å². The average molecular weight is 246 g/mol. The first-order chi connectivity index (χ1) is 8.52. The molecule has 0 radical (unpaired) electrons. The Labute approximate surface area is 101 Å². The van der Waals surface area contributed by atoms with Gasteiger partial charge in [0.25, 0.3) is 5.43 Å². The van der Waals surface area contributed by atoms with E-state index in [0.29, 0.717) is 12.0 Å². The Morgan fingerprint density at radius 2 is 1.83 bits per heavy atom. The van der Waals surface area contributed by atoms with Crippen molar-refractivity contribution in [2.24, 2.45) is 0 Å². The van der Waals surface area contributed by atoms with Crippen LogP contribution in [0.3, 0.4) is 0 Å². The van der Waals surface area contributed by atoms with Crippen LogP contribution < -0.4 is 16.3 Å². The molecule has 0 aromatic heterocycles. The summed E-state index contributed by atoms with van der Waals surface area (Å²) in [6, 6.07) is 4.70. The maximum atomic E-state index is 11.6. The monoisotopic (exact) mass is 246 g/mol.